The Kier molecular flexibility index (Phi) is 4.63. The molecule has 0 spiro atoms. The normalized spacial score (nSPS) is 9.73. The monoisotopic (exact) mass is 208 g/mol. The zero-order valence-corrected chi connectivity index (χ0v) is 8.82. The smallest absolute Gasteiger partial charge is 0.237 e. The number of hydrazine groups is 1. The molecule has 0 radical (unpaired) electrons. The lowest BCUT2D eigenvalue weighted by atomic mass is 10.2. The Morgan fingerprint density at radius 3 is 2.60 bits per heavy atom. The summed E-state index contributed by atoms with van der Waals surface area (Å²) in [6.07, 6.45) is 1.28. The van der Waals surface area contributed by atoms with E-state index in [1.807, 2.05) is 24.3 Å². The van der Waals surface area contributed by atoms with Crippen LogP contribution >= 0.6 is 0 Å². The minimum absolute atomic E-state index is 0.222. The summed E-state index contributed by atoms with van der Waals surface area (Å²) in [6, 6.07) is 7.83. The van der Waals surface area contributed by atoms with Gasteiger partial charge in [-0.05, 0) is 24.1 Å². The fraction of sp³-hybridized carbons (Fsp3) is 0.364. The summed E-state index contributed by atoms with van der Waals surface area (Å²) in [4.78, 5) is 10.8. The second-order valence-corrected chi connectivity index (χ2v) is 3.16. The summed E-state index contributed by atoms with van der Waals surface area (Å²) < 4.78 is 5.36. The molecule has 4 nitrogen and oxygen atoms in total. The van der Waals surface area contributed by atoms with Crippen molar-refractivity contribution >= 4 is 5.91 Å². The molecule has 4 heteroatoms. The molecule has 0 aromatic heterocycles. The standard InChI is InChI=1S/C11H16N2O2/c1-2-9-3-5-10(6-4-9)15-8-7-11(14)13-12/h3-6H,2,7-8,12H2,1H3,(H,13,14). The SMILES string of the molecule is CCc1ccc(OCCC(=O)NN)cc1. The summed E-state index contributed by atoms with van der Waals surface area (Å²) in [5.41, 5.74) is 3.32. The average Bonchev–Trinajstić information content (AvgIpc) is 2.29. The van der Waals surface area contributed by atoms with E-state index in [0.717, 1.165) is 12.2 Å². The summed E-state index contributed by atoms with van der Waals surface area (Å²) in [7, 11) is 0. The van der Waals surface area contributed by atoms with Crippen LogP contribution in [-0.4, -0.2) is 12.5 Å². The van der Waals surface area contributed by atoms with Gasteiger partial charge >= 0.3 is 0 Å². The van der Waals surface area contributed by atoms with Gasteiger partial charge in [0.2, 0.25) is 5.91 Å². The third kappa shape index (κ3) is 3.99. The van der Waals surface area contributed by atoms with E-state index in [9.17, 15) is 4.79 Å². The molecule has 1 rings (SSSR count). The average molecular weight is 208 g/mol. The van der Waals surface area contributed by atoms with Crippen LogP contribution in [0.4, 0.5) is 0 Å². The highest BCUT2D eigenvalue weighted by atomic mass is 16.5. The zero-order chi connectivity index (χ0) is 11.1. The van der Waals surface area contributed by atoms with Gasteiger partial charge in [0, 0.05) is 0 Å². The van der Waals surface area contributed by atoms with E-state index >= 15 is 0 Å². The molecule has 1 aromatic rings. The third-order valence-electron chi connectivity index (χ3n) is 2.09. The predicted molar refractivity (Wildman–Crippen MR) is 58.3 cm³/mol. The Balaban J connectivity index is 2.34. The van der Waals surface area contributed by atoms with Gasteiger partial charge in [-0.2, -0.15) is 0 Å². The van der Waals surface area contributed by atoms with Gasteiger partial charge in [0.15, 0.2) is 0 Å². The lowest BCUT2D eigenvalue weighted by Crippen LogP contribution is -2.31. The number of aryl methyl sites for hydroxylation is 1. The molecule has 0 saturated carbocycles. The van der Waals surface area contributed by atoms with Crippen LogP contribution in [0.2, 0.25) is 0 Å². The van der Waals surface area contributed by atoms with Crippen LogP contribution in [0.5, 0.6) is 5.75 Å². The second-order valence-electron chi connectivity index (χ2n) is 3.16. The van der Waals surface area contributed by atoms with Crippen molar-refractivity contribution in [3.63, 3.8) is 0 Å². The second kappa shape index (κ2) is 6.03. The molecule has 15 heavy (non-hydrogen) atoms. The molecule has 82 valence electrons. The third-order valence-corrected chi connectivity index (χ3v) is 2.09. The first-order chi connectivity index (χ1) is 7.26. The van der Waals surface area contributed by atoms with Crippen LogP contribution < -0.4 is 16.0 Å². The van der Waals surface area contributed by atoms with Gasteiger partial charge in [-0.15, -0.1) is 0 Å². The molecule has 0 aliphatic carbocycles. The number of nitrogens with two attached hydrogens (primary N) is 1. The number of amides is 1. The lowest BCUT2D eigenvalue weighted by molar-refractivity contribution is -0.121. The highest BCUT2D eigenvalue weighted by molar-refractivity contribution is 5.75. The molecule has 0 aliphatic heterocycles. The molecular weight excluding hydrogens is 192 g/mol. The molecule has 0 bridgehead atoms. The Bertz CT molecular complexity index is 309. The largest absolute Gasteiger partial charge is 0.493 e. The molecule has 0 aliphatic rings. The van der Waals surface area contributed by atoms with E-state index in [4.69, 9.17) is 10.6 Å². The van der Waals surface area contributed by atoms with E-state index < -0.39 is 0 Å². The van der Waals surface area contributed by atoms with Crippen LogP contribution in [0.3, 0.4) is 0 Å². The van der Waals surface area contributed by atoms with Gasteiger partial charge in [-0.3, -0.25) is 10.2 Å². The minimum atomic E-state index is -0.222. The van der Waals surface area contributed by atoms with Crippen molar-refractivity contribution in [3.05, 3.63) is 29.8 Å². The summed E-state index contributed by atoms with van der Waals surface area (Å²) in [6.45, 7) is 2.44. The van der Waals surface area contributed by atoms with Gasteiger partial charge in [-0.1, -0.05) is 19.1 Å². The summed E-state index contributed by atoms with van der Waals surface area (Å²) in [5, 5.41) is 0. The summed E-state index contributed by atoms with van der Waals surface area (Å²) >= 11 is 0. The zero-order valence-electron chi connectivity index (χ0n) is 8.82. The van der Waals surface area contributed by atoms with Crippen molar-refractivity contribution in [2.75, 3.05) is 6.61 Å². The van der Waals surface area contributed by atoms with Crippen LogP contribution in [0.25, 0.3) is 0 Å². The number of carbonyl (C=O) groups is 1. The molecule has 0 atom stereocenters. The quantitative estimate of drug-likeness (QED) is 0.431. The molecular formula is C11H16N2O2. The molecule has 3 N–H and O–H groups in total. The fourth-order valence-electron chi connectivity index (χ4n) is 1.16. The number of benzene rings is 1. The molecule has 0 heterocycles. The van der Waals surface area contributed by atoms with Crippen molar-refractivity contribution < 1.29 is 9.53 Å². The van der Waals surface area contributed by atoms with E-state index in [1.165, 1.54) is 5.56 Å². The number of hydrogen-bond acceptors (Lipinski definition) is 3. The van der Waals surface area contributed by atoms with Crippen molar-refractivity contribution in [3.8, 4) is 5.75 Å². The Morgan fingerprint density at radius 1 is 1.40 bits per heavy atom. The molecule has 0 unspecified atom stereocenters. The first-order valence-corrected chi connectivity index (χ1v) is 4.97. The molecule has 1 aromatic carbocycles. The Hall–Kier alpha value is -1.55. The van der Waals surface area contributed by atoms with E-state index in [2.05, 4.69) is 12.3 Å². The van der Waals surface area contributed by atoms with Crippen molar-refractivity contribution in [2.24, 2.45) is 5.84 Å². The van der Waals surface area contributed by atoms with Gasteiger partial charge < -0.3 is 4.74 Å². The van der Waals surface area contributed by atoms with E-state index in [0.29, 0.717) is 6.61 Å². The Labute approximate surface area is 89.4 Å². The summed E-state index contributed by atoms with van der Waals surface area (Å²) in [5.74, 6) is 5.49. The highest BCUT2D eigenvalue weighted by Crippen LogP contribution is 2.12. The maximum absolute atomic E-state index is 10.8. The maximum Gasteiger partial charge on any atom is 0.237 e. The Morgan fingerprint density at radius 2 is 2.07 bits per heavy atom. The minimum Gasteiger partial charge on any atom is -0.493 e. The van der Waals surface area contributed by atoms with Crippen LogP contribution in [0, 0.1) is 0 Å². The van der Waals surface area contributed by atoms with E-state index in [1.54, 1.807) is 0 Å². The number of carbonyl (C=O) groups excluding carboxylic acids is 1. The van der Waals surface area contributed by atoms with Gasteiger partial charge in [0.05, 0.1) is 13.0 Å². The topological polar surface area (TPSA) is 64.3 Å². The first-order valence-electron chi connectivity index (χ1n) is 4.97. The van der Waals surface area contributed by atoms with Gasteiger partial charge in [0.25, 0.3) is 0 Å². The predicted octanol–water partition coefficient (Wildman–Crippen LogP) is 1.01. The number of ether oxygens (including phenoxy) is 1. The van der Waals surface area contributed by atoms with Gasteiger partial charge in [0.1, 0.15) is 5.75 Å². The molecule has 0 fully saturated rings. The van der Waals surface area contributed by atoms with Crippen LogP contribution in [-0.2, 0) is 11.2 Å². The first kappa shape index (κ1) is 11.5. The maximum atomic E-state index is 10.8. The van der Waals surface area contributed by atoms with Crippen molar-refractivity contribution in [2.45, 2.75) is 19.8 Å². The highest BCUT2D eigenvalue weighted by Gasteiger charge is 1.99. The number of rotatable bonds is 5. The van der Waals surface area contributed by atoms with Crippen LogP contribution in [0.15, 0.2) is 24.3 Å². The lowest BCUT2D eigenvalue weighted by Gasteiger charge is -2.05. The number of hydrogen-bond donors (Lipinski definition) is 2. The van der Waals surface area contributed by atoms with Gasteiger partial charge in [-0.25, -0.2) is 5.84 Å². The fourth-order valence-corrected chi connectivity index (χ4v) is 1.16. The van der Waals surface area contributed by atoms with E-state index in [-0.39, 0.29) is 12.3 Å². The van der Waals surface area contributed by atoms with Crippen LogP contribution in [0.1, 0.15) is 18.9 Å². The van der Waals surface area contributed by atoms with Crippen molar-refractivity contribution in [1.29, 1.82) is 0 Å². The molecule has 1 amide bonds. The van der Waals surface area contributed by atoms with Crippen molar-refractivity contribution in [1.82, 2.24) is 5.43 Å². The molecule has 0 saturated heterocycles. The number of nitrogens with one attached hydrogen (secondary N) is 1.